The van der Waals surface area contributed by atoms with Gasteiger partial charge in [0.05, 0.1) is 31.1 Å². The van der Waals surface area contributed by atoms with Gasteiger partial charge in [-0.2, -0.15) is 8.42 Å². The summed E-state index contributed by atoms with van der Waals surface area (Å²) in [6, 6.07) is 6.79. The molecule has 1 aromatic carbocycles. The van der Waals surface area contributed by atoms with E-state index in [1.54, 1.807) is 24.3 Å². The van der Waals surface area contributed by atoms with Crippen molar-refractivity contribution in [2.45, 2.75) is 31.3 Å². The van der Waals surface area contributed by atoms with Crippen molar-refractivity contribution in [3.05, 3.63) is 29.8 Å². The molecule has 0 aliphatic carbocycles. The van der Waals surface area contributed by atoms with Crippen LogP contribution in [0.3, 0.4) is 0 Å². The number of benzene rings is 1. The van der Waals surface area contributed by atoms with Crippen molar-refractivity contribution in [1.29, 1.82) is 0 Å². The molecule has 0 spiro atoms. The normalized spacial score (nSPS) is 28.3. The molecule has 1 unspecified atom stereocenters. The van der Waals surface area contributed by atoms with Crippen molar-refractivity contribution in [3.8, 4) is 0 Å². The summed E-state index contributed by atoms with van der Waals surface area (Å²) >= 11 is 0. The van der Waals surface area contributed by atoms with Gasteiger partial charge in [0, 0.05) is 12.3 Å². The molecule has 5 heteroatoms. The van der Waals surface area contributed by atoms with E-state index in [0.717, 1.165) is 25.1 Å². The van der Waals surface area contributed by atoms with Crippen LogP contribution in [-0.2, 0) is 14.3 Å². The zero-order chi connectivity index (χ0) is 14.0. The summed E-state index contributed by atoms with van der Waals surface area (Å²) in [5.74, 6) is 0.258. The predicted molar refractivity (Wildman–Crippen MR) is 73.6 cm³/mol. The fraction of sp³-hybridized carbons (Fsp3) is 0.571. The van der Waals surface area contributed by atoms with Crippen molar-refractivity contribution in [3.63, 3.8) is 0 Å². The summed E-state index contributed by atoms with van der Waals surface area (Å²) in [6.07, 6.45) is 0.591. The molecule has 1 heterocycles. The molecule has 1 aliphatic heterocycles. The molecular weight excluding hydrogens is 262 g/mol. The maximum Gasteiger partial charge on any atom is 0.297 e. The highest BCUT2D eigenvalue weighted by atomic mass is 32.2. The Kier molecular flexibility index (Phi) is 4.28. The first-order valence-corrected chi connectivity index (χ1v) is 8.10. The lowest BCUT2D eigenvalue weighted by Gasteiger charge is -2.31. The van der Waals surface area contributed by atoms with Crippen LogP contribution in [0, 0.1) is 12.8 Å². The van der Waals surface area contributed by atoms with Crippen molar-refractivity contribution in [2.75, 3.05) is 20.1 Å². The summed E-state index contributed by atoms with van der Waals surface area (Å²) in [5, 5.41) is 0. The molecule has 1 aliphatic rings. The van der Waals surface area contributed by atoms with Crippen molar-refractivity contribution >= 4 is 10.1 Å². The molecule has 3 atom stereocenters. The van der Waals surface area contributed by atoms with Crippen LogP contribution in [0.5, 0.6) is 0 Å². The van der Waals surface area contributed by atoms with Gasteiger partial charge in [0.25, 0.3) is 10.1 Å². The monoisotopic (exact) mass is 284 g/mol. The Morgan fingerprint density at radius 3 is 2.47 bits per heavy atom. The SMILES string of the molecule is Cc1ccc(S(=O)(=O)O[C@H]2CC[NH+](C)C[C@H]2C)cc1. The van der Waals surface area contributed by atoms with Crippen LogP contribution in [0.2, 0.25) is 0 Å². The maximum absolute atomic E-state index is 12.2. The highest BCUT2D eigenvalue weighted by Crippen LogP contribution is 2.20. The molecule has 1 saturated heterocycles. The molecule has 0 bridgehead atoms. The molecule has 1 N–H and O–H groups in total. The van der Waals surface area contributed by atoms with Crippen LogP contribution in [0.25, 0.3) is 0 Å². The first-order valence-electron chi connectivity index (χ1n) is 6.70. The van der Waals surface area contributed by atoms with E-state index in [2.05, 4.69) is 14.0 Å². The summed E-state index contributed by atoms with van der Waals surface area (Å²) in [6.45, 7) is 5.89. The number of hydrogen-bond acceptors (Lipinski definition) is 3. The number of likely N-dealkylation sites (tertiary alicyclic amines) is 1. The minimum absolute atomic E-state index is 0.199. The molecule has 19 heavy (non-hydrogen) atoms. The quantitative estimate of drug-likeness (QED) is 0.828. The van der Waals surface area contributed by atoms with Crippen LogP contribution >= 0.6 is 0 Å². The van der Waals surface area contributed by atoms with Gasteiger partial charge < -0.3 is 4.90 Å². The predicted octanol–water partition coefficient (Wildman–Crippen LogP) is 0.623. The first-order chi connectivity index (χ1) is 8.88. The number of rotatable bonds is 3. The van der Waals surface area contributed by atoms with Crippen molar-refractivity contribution < 1.29 is 17.5 Å². The van der Waals surface area contributed by atoms with E-state index in [0.29, 0.717) is 0 Å². The molecule has 1 aromatic rings. The fourth-order valence-corrected chi connectivity index (χ4v) is 3.71. The maximum atomic E-state index is 12.2. The molecule has 1 fully saturated rings. The van der Waals surface area contributed by atoms with Gasteiger partial charge in [-0.25, -0.2) is 0 Å². The number of nitrogens with one attached hydrogen (secondary N) is 1. The van der Waals surface area contributed by atoms with Crippen LogP contribution in [0.4, 0.5) is 0 Å². The summed E-state index contributed by atoms with van der Waals surface area (Å²) in [4.78, 5) is 1.68. The van der Waals surface area contributed by atoms with E-state index in [-0.39, 0.29) is 16.9 Å². The van der Waals surface area contributed by atoms with E-state index >= 15 is 0 Å². The summed E-state index contributed by atoms with van der Waals surface area (Å²) < 4.78 is 29.8. The van der Waals surface area contributed by atoms with Crippen LogP contribution in [0.15, 0.2) is 29.2 Å². The standard InChI is InChI=1S/C14H21NO3S/c1-11-4-6-13(7-5-11)19(16,17)18-14-8-9-15(3)10-12(14)2/h4-7,12,14H,8-10H2,1-3H3/p+1/t12-,14+/m1/s1. The van der Waals surface area contributed by atoms with Crippen LogP contribution in [0.1, 0.15) is 18.9 Å². The molecule has 106 valence electrons. The Bertz CT molecular complexity index is 524. The largest absolute Gasteiger partial charge is 0.337 e. The third kappa shape index (κ3) is 3.55. The molecule has 0 amide bonds. The minimum Gasteiger partial charge on any atom is -0.337 e. The van der Waals surface area contributed by atoms with Gasteiger partial charge >= 0.3 is 0 Å². The Labute approximate surface area is 115 Å². The van der Waals surface area contributed by atoms with Gasteiger partial charge in [-0.1, -0.05) is 24.6 Å². The van der Waals surface area contributed by atoms with Crippen molar-refractivity contribution in [2.24, 2.45) is 5.92 Å². The second-order valence-electron chi connectivity index (χ2n) is 5.58. The number of aryl methyl sites for hydroxylation is 1. The number of hydrogen-bond donors (Lipinski definition) is 1. The van der Waals surface area contributed by atoms with Gasteiger partial charge in [0.15, 0.2) is 0 Å². The van der Waals surface area contributed by atoms with Gasteiger partial charge in [-0.05, 0) is 19.1 Å². The second kappa shape index (κ2) is 5.61. The van der Waals surface area contributed by atoms with E-state index in [1.165, 1.54) is 4.90 Å². The molecule has 0 aromatic heterocycles. The third-order valence-electron chi connectivity index (χ3n) is 3.72. The molecule has 2 rings (SSSR count). The van der Waals surface area contributed by atoms with E-state index in [9.17, 15) is 8.42 Å². The first kappa shape index (κ1) is 14.5. The smallest absolute Gasteiger partial charge is 0.297 e. The lowest BCUT2D eigenvalue weighted by Crippen LogP contribution is -3.11. The summed E-state index contributed by atoms with van der Waals surface area (Å²) in [7, 11) is -1.51. The lowest BCUT2D eigenvalue weighted by atomic mass is 9.97. The summed E-state index contributed by atoms with van der Waals surface area (Å²) in [5.41, 5.74) is 1.04. The number of piperidine rings is 1. The molecular formula is C14H22NO3S+. The number of quaternary nitrogens is 1. The highest BCUT2D eigenvalue weighted by molar-refractivity contribution is 7.86. The van der Waals surface area contributed by atoms with Gasteiger partial charge in [0.1, 0.15) is 0 Å². The Morgan fingerprint density at radius 2 is 1.89 bits per heavy atom. The van der Waals surface area contributed by atoms with E-state index < -0.39 is 10.1 Å². The highest BCUT2D eigenvalue weighted by Gasteiger charge is 2.32. The topological polar surface area (TPSA) is 47.8 Å². The zero-order valence-corrected chi connectivity index (χ0v) is 12.5. The average Bonchev–Trinajstić information content (AvgIpc) is 2.33. The fourth-order valence-electron chi connectivity index (χ4n) is 2.52. The lowest BCUT2D eigenvalue weighted by molar-refractivity contribution is -0.889. The van der Waals surface area contributed by atoms with Gasteiger partial charge in [0.2, 0.25) is 0 Å². The Hall–Kier alpha value is -0.910. The minimum atomic E-state index is -3.64. The van der Waals surface area contributed by atoms with Crippen LogP contribution in [-0.4, -0.2) is 34.7 Å². The van der Waals surface area contributed by atoms with Gasteiger partial charge in [-0.15, -0.1) is 0 Å². The zero-order valence-electron chi connectivity index (χ0n) is 11.7. The van der Waals surface area contributed by atoms with Crippen LogP contribution < -0.4 is 4.90 Å². The third-order valence-corrected chi connectivity index (χ3v) is 5.07. The average molecular weight is 284 g/mol. The molecule has 0 saturated carbocycles. The van der Waals surface area contributed by atoms with Crippen molar-refractivity contribution in [1.82, 2.24) is 0 Å². The molecule has 0 radical (unpaired) electrons. The van der Waals surface area contributed by atoms with Gasteiger partial charge in [-0.3, -0.25) is 4.18 Å². The Balaban J connectivity index is 2.11. The second-order valence-corrected chi connectivity index (χ2v) is 7.15. The Morgan fingerprint density at radius 1 is 1.26 bits per heavy atom. The van der Waals surface area contributed by atoms with E-state index in [1.807, 2.05) is 6.92 Å². The van der Waals surface area contributed by atoms with E-state index in [4.69, 9.17) is 4.18 Å². The molecule has 4 nitrogen and oxygen atoms in total.